The summed E-state index contributed by atoms with van der Waals surface area (Å²) in [6.07, 6.45) is 3.20. The molecule has 0 aliphatic carbocycles. The number of hydrogen-bond donors (Lipinski definition) is 0. The molecule has 1 aromatic carbocycles. The van der Waals surface area contributed by atoms with Gasteiger partial charge in [0.15, 0.2) is 0 Å². The van der Waals surface area contributed by atoms with Gasteiger partial charge in [0, 0.05) is 11.0 Å². The summed E-state index contributed by atoms with van der Waals surface area (Å²) in [5.41, 5.74) is 1.04. The summed E-state index contributed by atoms with van der Waals surface area (Å²) in [6, 6.07) is 7.06. The van der Waals surface area contributed by atoms with Crippen molar-refractivity contribution >= 4 is 15.9 Å². The fourth-order valence-corrected chi connectivity index (χ4v) is 2.67. The summed E-state index contributed by atoms with van der Waals surface area (Å²) in [5, 5.41) is 9.09. The first-order chi connectivity index (χ1) is 8.20. The normalized spacial score (nSPS) is 21.1. The van der Waals surface area contributed by atoms with Crippen molar-refractivity contribution in [1.29, 1.82) is 5.26 Å². The van der Waals surface area contributed by atoms with Gasteiger partial charge in [0.05, 0.1) is 12.1 Å². The van der Waals surface area contributed by atoms with E-state index in [9.17, 15) is 4.39 Å². The van der Waals surface area contributed by atoms with Crippen LogP contribution in [0.4, 0.5) is 4.39 Å². The smallest absolute Gasteiger partial charge is 0.124 e. The van der Waals surface area contributed by atoms with E-state index in [1.807, 2.05) is 0 Å². The van der Waals surface area contributed by atoms with Gasteiger partial charge in [0.2, 0.25) is 0 Å². The molecule has 2 nitrogen and oxygen atoms in total. The monoisotopic (exact) mass is 296 g/mol. The Bertz CT molecular complexity index is 442. The second-order valence-corrected chi connectivity index (χ2v) is 5.20. The van der Waals surface area contributed by atoms with Crippen molar-refractivity contribution in [1.82, 2.24) is 4.90 Å². The van der Waals surface area contributed by atoms with Crippen LogP contribution in [0, 0.1) is 17.1 Å². The molecule has 17 heavy (non-hydrogen) atoms. The molecule has 1 atom stereocenters. The van der Waals surface area contributed by atoms with Crippen molar-refractivity contribution in [3.63, 3.8) is 0 Å². The number of likely N-dealkylation sites (tertiary alicyclic amines) is 1. The zero-order valence-electron chi connectivity index (χ0n) is 9.50. The van der Waals surface area contributed by atoms with Crippen LogP contribution in [0.1, 0.15) is 24.8 Å². The molecule has 0 spiro atoms. The van der Waals surface area contributed by atoms with Crippen LogP contribution in [0.5, 0.6) is 0 Å². The van der Waals surface area contributed by atoms with Crippen molar-refractivity contribution in [3.05, 3.63) is 34.1 Å². The quantitative estimate of drug-likeness (QED) is 0.836. The van der Waals surface area contributed by atoms with E-state index in [4.69, 9.17) is 5.26 Å². The predicted octanol–water partition coefficient (Wildman–Crippen LogP) is 3.47. The van der Waals surface area contributed by atoms with Gasteiger partial charge in [-0.15, -0.1) is 0 Å². The van der Waals surface area contributed by atoms with Crippen LogP contribution in [-0.4, -0.2) is 17.5 Å². The van der Waals surface area contributed by atoms with Gasteiger partial charge < -0.3 is 0 Å². The Morgan fingerprint density at radius 2 is 2.29 bits per heavy atom. The molecule has 1 aliphatic rings. The summed E-state index contributed by atoms with van der Waals surface area (Å²) in [4.78, 5) is 2.17. The third kappa shape index (κ3) is 3.05. The lowest BCUT2D eigenvalue weighted by Crippen LogP contribution is -2.37. The van der Waals surface area contributed by atoms with Crippen molar-refractivity contribution in [2.45, 2.75) is 31.8 Å². The molecule has 2 rings (SSSR count). The van der Waals surface area contributed by atoms with Crippen LogP contribution in [0.15, 0.2) is 22.7 Å². The highest BCUT2D eigenvalue weighted by Gasteiger charge is 2.22. The number of benzene rings is 1. The summed E-state index contributed by atoms with van der Waals surface area (Å²) >= 11 is 3.37. The first-order valence-electron chi connectivity index (χ1n) is 5.78. The fourth-order valence-electron chi connectivity index (χ4n) is 2.20. The number of piperidine rings is 1. The molecule has 90 valence electrons. The lowest BCUT2D eigenvalue weighted by molar-refractivity contribution is 0.176. The number of hydrogen-bond acceptors (Lipinski definition) is 2. The minimum absolute atomic E-state index is 0.000651. The summed E-state index contributed by atoms with van der Waals surface area (Å²) in [7, 11) is 0. The number of nitriles is 1. The molecule has 4 heteroatoms. The highest BCUT2D eigenvalue weighted by molar-refractivity contribution is 9.10. The summed E-state index contributed by atoms with van der Waals surface area (Å²) in [5.74, 6) is -0.240. The summed E-state index contributed by atoms with van der Waals surface area (Å²) < 4.78 is 13.8. The van der Waals surface area contributed by atoms with Gasteiger partial charge in [-0.05, 0) is 43.5 Å². The molecule has 1 saturated heterocycles. The SMILES string of the molecule is N#CC1CCCCN1Cc1ccc(F)cc1Br. The van der Waals surface area contributed by atoms with Gasteiger partial charge in [-0.3, -0.25) is 4.90 Å². The van der Waals surface area contributed by atoms with E-state index in [2.05, 4.69) is 26.9 Å². The Labute approximate surface area is 109 Å². The first-order valence-corrected chi connectivity index (χ1v) is 6.57. The van der Waals surface area contributed by atoms with Gasteiger partial charge in [-0.25, -0.2) is 4.39 Å². The largest absolute Gasteiger partial charge is 0.284 e. The van der Waals surface area contributed by atoms with E-state index >= 15 is 0 Å². The van der Waals surface area contributed by atoms with E-state index in [1.54, 1.807) is 6.07 Å². The fraction of sp³-hybridized carbons (Fsp3) is 0.462. The maximum absolute atomic E-state index is 13.0. The second-order valence-electron chi connectivity index (χ2n) is 4.35. The highest BCUT2D eigenvalue weighted by Crippen LogP contribution is 2.24. The molecule has 1 fully saturated rings. The van der Waals surface area contributed by atoms with Crippen LogP contribution in [0.25, 0.3) is 0 Å². The van der Waals surface area contributed by atoms with Crippen LogP contribution < -0.4 is 0 Å². The maximum atomic E-state index is 13.0. The first kappa shape index (κ1) is 12.5. The van der Waals surface area contributed by atoms with E-state index in [0.29, 0.717) is 6.54 Å². The number of halogens is 2. The van der Waals surface area contributed by atoms with Crippen LogP contribution in [0.3, 0.4) is 0 Å². The zero-order valence-corrected chi connectivity index (χ0v) is 11.1. The Morgan fingerprint density at radius 1 is 1.47 bits per heavy atom. The predicted molar refractivity (Wildman–Crippen MR) is 67.8 cm³/mol. The standard InChI is InChI=1S/C13H14BrFN2/c14-13-7-11(15)5-4-10(13)9-17-6-2-1-3-12(17)8-16/h4-5,7,12H,1-3,6,9H2. The van der Waals surface area contributed by atoms with Crippen LogP contribution >= 0.6 is 15.9 Å². The van der Waals surface area contributed by atoms with E-state index in [-0.39, 0.29) is 11.9 Å². The van der Waals surface area contributed by atoms with E-state index in [0.717, 1.165) is 35.8 Å². The van der Waals surface area contributed by atoms with Crippen molar-refractivity contribution in [2.24, 2.45) is 0 Å². The van der Waals surface area contributed by atoms with Crippen LogP contribution in [-0.2, 0) is 6.54 Å². The van der Waals surface area contributed by atoms with Crippen molar-refractivity contribution in [2.75, 3.05) is 6.54 Å². The second kappa shape index (κ2) is 5.61. The number of rotatable bonds is 2. The van der Waals surface area contributed by atoms with Crippen molar-refractivity contribution < 1.29 is 4.39 Å². The Kier molecular flexibility index (Phi) is 4.14. The molecular formula is C13H14BrFN2. The molecule has 0 amide bonds. The van der Waals surface area contributed by atoms with Gasteiger partial charge in [-0.1, -0.05) is 22.0 Å². The lowest BCUT2D eigenvalue weighted by Gasteiger charge is -2.31. The third-order valence-corrected chi connectivity index (χ3v) is 3.89. The van der Waals surface area contributed by atoms with Gasteiger partial charge in [0.1, 0.15) is 5.82 Å². The molecule has 1 unspecified atom stereocenters. The topological polar surface area (TPSA) is 27.0 Å². The molecule has 0 bridgehead atoms. The minimum Gasteiger partial charge on any atom is -0.284 e. The molecule has 0 saturated carbocycles. The third-order valence-electron chi connectivity index (χ3n) is 3.15. The average Bonchev–Trinajstić information content (AvgIpc) is 2.33. The Hall–Kier alpha value is -0.920. The average molecular weight is 297 g/mol. The molecule has 1 heterocycles. The molecule has 1 aromatic rings. The molecule has 0 aromatic heterocycles. The van der Waals surface area contributed by atoms with E-state index in [1.165, 1.54) is 12.1 Å². The minimum atomic E-state index is -0.240. The van der Waals surface area contributed by atoms with E-state index < -0.39 is 0 Å². The molecular weight excluding hydrogens is 283 g/mol. The zero-order chi connectivity index (χ0) is 12.3. The molecule has 0 N–H and O–H groups in total. The Morgan fingerprint density at radius 3 is 3.00 bits per heavy atom. The maximum Gasteiger partial charge on any atom is 0.124 e. The van der Waals surface area contributed by atoms with Crippen LogP contribution in [0.2, 0.25) is 0 Å². The highest BCUT2D eigenvalue weighted by atomic mass is 79.9. The molecule has 0 radical (unpaired) electrons. The summed E-state index contributed by atoms with van der Waals surface area (Å²) in [6.45, 7) is 1.65. The molecule has 1 aliphatic heterocycles. The lowest BCUT2D eigenvalue weighted by atomic mass is 10.0. The number of nitrogens with zero attached hydrogens (tertiary/aromatic N) is 2. The van der Waals surface area contributed by atoms with Gasteiger partial charge in [0.25, 0.3) is 0 Å². The Balaban J connectivity index is 2.11. The van der Waals surface area contributed by atoms with Crippen molar-refractivity contribution in [3.8, 4) is 6.07 Å². The van der Waals surface area contributed by atoms with Gasteiger partial charge >= 0.3 is 0 Å². The van der Waals surface area contributed by atoms with Gasteiger partial charge in [-0.2, -0.15) is 5.26 Å².